The van der Waals surface area contributed by atoms with Crippen molar-refractivity contribution in [2.45, 2.75) is 57.7 Å². The zero-order valence-corrected chi connectivity index (χ0v) is 17.6. The average molecular weight is 398 g/mol. The number of ether oxygens (including phenoxy) is 1. The van der Waals surface area contributed by atoms with Gasteiger partial charge in [-0.25, -0.2) is 0 Å². The lowest BCUT2D eigenvalue weighted by molar-refractivity contribution is -0.115. The first-order chi connectivity index (χ1) is 13.6. The molecule has 0 bridgehead atoms. The van der Waals surface area contributed by atoms with Crippen LogP contribution in [0.15, 0.2) is 34.9 Å². The Balaban J connectivity index is 1.35. The molecule has 29 heavy (non-hydrogen) atoms. The van der Waals surface area contributed by atoms with Gasteiger partial charge in [-0.3, -0.25) is 4.79 Å². The maximum atomic E-state index is 12.4. The molecule has 0 unspecified atom stereocenters. The van der Waals surface area contributed by atoms with Gasteiger partial charge in [0.25, 0.3) is 0 Å². The molecule has 0 aliphatic carbocycles. The van der Waals surface area contributed by atoms with E-state index in [1.165, 1.54) is 0 Å². The molecular formula is C21H27BN2O5. The number of amides is 1. The first kappa shape index (κ1) is 20.1. The summed E-state index contributed by atoms with van der Waals surface area (Å²) < 4.78 is 22.7. The van der Waals surface area contributed by atoms with Gasteiger partial charge in [0.15, 0.2) is 5.82 Å². The largest absolute Gasteiger partial charge is 0.494 e. The summed E-state index contributed by atoms with van der Waals surface area (Å²) in [5, 5.41) is 6.73. The van der Waals surface area contributed by atoms with Crippen molar-refractivity contribution in [2.75, 3.05) is 18.5 Å². The first-order valence-electron chi connectivity index (χ1n) is 9.87. The minimum atomic E-state index is -0.409. The van der Waals surface area contributed by atoms with E-state index in [1.54, 1.807) is 6.07 Å². The van der Waals surface area contributed by atoms with Crippen LogP contribution in [0.25, 0.3) is 0 Å². The molecule has 0 spiro atoms. The van der Waals surface area contributed by atoms with E-state index in [9.17, 15) is 4.79 Å². The zero-order valence-electron chi connectivity index (χ0n) is 17.6. The van der Waals surface area contributed by atoms with Crippen molar-refractivity contribution >= 4 is 24.3 Å². The topological polar surface area (TPSA) is 82.8 Å². The van der Waals surface area contributed by atoms with E-state index in [2.05, 4.69) is 10.5 Å². The van der Waals surface area contributed by atoms with Crippen molar-refractivity contribution in [3.05, 3.63) is 41.7 Å². The summed E-state index contributed by atoms with van der Waals surface area (Å²) in [6.07, 6.45) is 0.242. The van der Waals surface area contributed by atoms with Crippen LogP contribution in [0, 0.1) is 0 Å². The second-order valence-corrected chi connectivity index (χ2v) is 9.18. The highest BCUT2D eigenvalue weighted by Gasteiger charge is 2.51. The van der Waals surface area contributed by atoms with Crippen LogP contribution < -0.4 is 10.8 Å². The lowest BCUT2D eigenvalue weighted by Crippen LogP contribution is -2.43. The third kappa shape index (κ3) is 3.84. The van der Waals surface area contributed by atoms with Gasteiger partial charge in [-0.2, -0.15) is 0 Å². The first-order valence-corrected chi connectivity index (χ1v) is 9.87. The Morgan fingerprint density at radius 3 is 2.24 bits per heavy atom. The summed E-state index contributed by atoms with van der Waals surface area (Å²) in [6.45, 7) is 11.4. The lowest BCUT2D eigenvalue weighted by atomic mass is 9.79. The summed E-state index contributed by atoms with van der Waals surface area (Å²) >= 11 is 0. The molecule has 2 saturated heterocycles. The molecule has 0 saturated carbocycles. The minimum absolute atomic E-state index is 0.150. The molecule has 2 fully saturated rings. The van der Waals surface area contributed by atoms with Gasteiger partial charge in [-0.15, -0.1) is 0 Å². The Morgan fingerprint density at radius 2 is 1.69 bits per heavy atom. The van der Waals surface area contributed by atoms with Crippen LogP contribution in [0.1, 0.15) is 45.9 Å². The Bertz CT molecular complexity index is 886. The molecule has 1 aromatic carbocycles. The Kier molecular flexibility index (Phi) is 4.84. The Labute approximate surface area is 171 Å². The summed E-state index contributed by atoms with van der Waals surface area (Å²) in [7, 11) is -0.409. The normalized spacial score (nSPS) is 21.6. The van der Waals surface area contributed by atoms with Gasteiger partial charge < -0.3 is 23.9 Å². The van der Waals surface area contributed by atoms with Crippen molar-refractivity contribution in [2.24, 2.45) is 0 Å². The number of nitrogens with one attached hydrogen (secondary N) is 1. The molecule has 7 nitrogen and oxygen atoms in total. The SMILES string of the molecule is CC1(c2cc(NC(=O)Cc3ccc(B4OC(C)(C)C(C)(C)O4)cc3)no2)COC1. The number of anilines is 1. The fourth-order valence-corrected chi connectivity index (χ4v) is 3.31. The Morgan fingerprint density at radius 1 is 1.07 bits per heavy atom. The van der Waals surface area contributed by atoms with E-state index in [0.29, 0.717) is 19.0 Å². The molecule has 1 aromatic heterocycles. The highest BCUT2D eigenvalue weighted by atomic mass is 16.7. The molecule has 1 amide bonds. The summed E-state index contributed by atoms with van der Waals surface area (Å²) in [4.78, 5) is 12.4. The minimum Gasteiger partial charge on any atom is -0.399 e. The van der Waals surface area contributed by atoms with Crippen LogP contribution in [-0.4, -0.2) is 42.6 Å². The van der Waals surface area contributed by atoms with Crippen molar-refractivity contribution in [1.29, 1.82) is 0 Å². The monoisotopic (exact) mass is 398 g/mol. The highest BCUT2D eigenvalue weighted by Crippen LogP contribution is 2.36. The van der Waals surface area contributed by atoms with Crippen molar-refractivity contribution in [3.8, 4) is 0 Å². The molecule has 0 radical (unpaired) electrons. The fourth-order valence-electron chi connectivity index (χ4n) is 3.31. The van der Waals surface area contributed by atoms with Gasteiger partial charge in [0, 0.05) is 6.07 Å². The maximum absolute atomic E-state index is 12.4. The number of carbonyl (C=O) groups excluding carboxylic acids is 1. The molecular weight excluding hydrogens is 371 g/mol. The molecule has 4 rings (SSSR count). The van der Waals surface area contributed by atoms with Crippen LogP contribution in [0.3, 0.4) is 0 Å². The Hall–Kier alpha value is -2.16. The number of hydrogen-bond donors (Lipinski definition) is 1. The second-order valence-electron chi connectivity index (χ2n) is 9.18. The smallest absolute Gasteiger partial charge is 0.399 e. The van der Waals surface area contributed by atoms with Gasteiger partial charge in [0.05, 0.1) is 36.3 Å². The third-order valence-electron chi connectivity index (χ3n) is 6.08. The number of hydrogen-bond acceptors (Lipinski definition) is 6. The average Bonchev–Trinajstić information content (AvgIpc) is 3.15. The predicted molar refractivity (Wildman–Crippen MR) is 109 cm³/mol. The van der Waals surface area contributed by atoms with E-state index < -0.39 is 7.12 Å². The summed E-state index contributed by atoms with van der Waals surface area (Å²) in [5.74, 6) is 1.00. The number of aromatic nitrogens is 1. The fraction of sp³-hybridized carbons (Fsp3) is 0.524. The van der Waals surface area contributed by atoms with Gasteiger partial charge in [0.2, 0.25) is 5.91 Å². The number of benzene rings is 1. The van der Waals surface area contributed by atoms with Gasteiger partial charge in [0.1, 0.15) is 5.76 Å². The number of rotatable bonds is 5. The standard InChI is InChI=1S/C21H27BN2O5/c1-19(2)20(3,4)29-22(28-19)15-8-6-14(7-9-15)10-18(25)23-17-11-16(27-24-17)21(5)12-26-13-21/h6-9,11H,10,12-13H2,1-5H3,(H,23,24,25). The van der Waals surface area contributed by atoms with E-state index in [0.717, 1.165) is 16.8 Å². The summed E-state index contributed by atoms with van der Waals surface area (Å²) in [6, 6.07) is 9.48. The van der Waals surface area contributed by atoms with Crippen LogP contribution in [0.2, 0.25) is 0 Å². The molecule has 3 heterocycles. The molecule has 2 aromatic rings. The number of carbonyl (C=O) groups is 1. The van der Waals surface area contributed by atoms with Crippen molar-refractivity contribution in [3.63, 3.8) is 0 Å². The van der Waals surface area contributed by atoms with Crippen LogP contribution in [-0.2, 0) is 30.7 Å². The van der Waals surface area contributed by atoms with Crippen molar-refractivity contribution < 1.29 is 23.4 Å². The quantitative estimate of drug-likeness (QED) is 0.780. The number of nitrogens with zero attached hydrogens (tertiary/aromatic N) is 1. The van der Waals surface area contributed by atoms with Crippen LogP contribution >= 0.6 is 0 Å². The molecule has 154 valence electrons. The zero-order chi connectivity index (χ0) is 20.9. The maximum Gasteiger partial charge on any atom is 0.494 e. The highest BCUT2D eigenvalue weighted by molar-refractivity contribution is 6.62. The van der Waals surface area contributed by atoms with Gasteiger partial charge in [-0.05, 0) is 45.6 Å². The summed E-state index contributed by atoms with van der Waals surface area (Å²) in [5.41, 5.74) is 0.917. The lowest BCUT2D eigenvalue weighted by Gasteiger charge is -2.35. The van der Waals surface area contributed by atoms with E-state index >= 15 is 0 Å². The van der Waals surface area contributed by atoms with Crippen LogP contribution in [0.5, 0.6) is 0 Å². The van der Waals surface area contributed by atoms with E-state index in [4.69, 9.17) is 18.6 Å². The molecule has 8 heteroatoms. The molecule has 0 atom stereocenters. The molecule has 1 N–H and O–H groups in total. The van der Waals surface area contributed by atoms with Crippen molar-refractivity contribution in [1.82, 2.24) is 5.16 Å². The van der Waals surface area contributed by atoms with Gasteiger partial charge in [-0.1, -0.05) is 29.4 Å². The predicted octanol–water partition coefficient (Wildman–Crippen LogP) is 2.44. The molecule has 2 aliphatic heterocycles. The van der Waals surface area contributed by atoms with E-state index in [-0.39, 0.29) is 28.9 Å². The third-order valence-corrected chi connectivity index (χ3v) is 6.08. The van der Waals surface area contributed by atoms with Crippen LogP contribution in [0.4, 0.5) is 5.82 Å². The molecule has 2 aliphatic rings. The van der Waals surface area contributed by atoms with Gasteiger partial charge >= 0.3 is 7.12 Å². The second kappa shape index (κ2) is 6.97. The van der Waals surface area contributed by atoms with E-state index in [1.807, 2.05) is 58.9 Å².